The van der Waals surface area contributed by atoms with Gasteiger partial charge in [-0.1, -0.05) is 0 Å². The Kier molecular flexibility index (Phi) is 3.86. The molecule has 0 aliphatic carbocycles. The van der Waals surface area contributed by atoms with E-state index in [1.54, 1.807) is 0 Å². The summed E-state index contributed by atoms with van der Waals surface area (Å²) >= 11 is 0. The number of hydrogen-bond donors (Lipinski definition) is 2. The van der Waals surface area contributed by atoms with Crippen molar-refractivity contribution >= 4 is 11.7 Å². The van der Waals surface area contributed by atoms with Gasteiger partial charge in [0.25, 0.3) is 6.02 Å². The number of ether oxygens (including phenoxy) is 2. The number of halogens is 4. The van der Waals surface area contributed by atoms with Gasteiger partial charge in [-0.25, -0.2) is 22.6 Å². The Hall–Kier alpha value is -2.03. The fourth-order valence-electron chi connectivity index (χ4n) is 3.48. The van der Waals surface area contributed by atoms with Crippen LogP contribution in [0.3, 0.4) is 0 Å². The van der Waals surface area contributed by atoms with Gasteiger partial charge in [-0.05, 0) is 25.1 Å². The van der Waals surface area contributed by atoms with Gasteiger partial charge in [-0.3, -0.25) is 0 Å². The second-order valence-corrected chi connectivity index (χ2v) is 6.17. The number of rotatable bonds is 3. The van der Waals surface area contributed by atoms with Crippen LogP contribution >= 0.6 is 0 Å². The van der Waals surface area contributed by atoms with E-state index in [-0.39, 0.29) is 23.9 Å². The number of nitrogens with two attached hydrogens (primary N) is 2. The van der Waals surface area contributed by atoms with Crippen molar-refractivity contribution in [2.45, 2.75) is 30.6 Å². The number of benzene rings is 1. The van der Waals surface area contributed by atoms with Gasteiger partial charge in [0.1, 0.15) is 23.6 Å². The van der Waals surface area contributed by atoms with E-state index in [1.165, 1.54) is 19.1 Å². The summed E-state index contributed by atoms with van der Waals surface area (Å²) in [7, 11) is 0. The van der Waals surface area contributed by atoms with E-state index in [9.17, 15) is 17.6 Å². The lowest BCUT2D eigenvalue weighted by atomic mass is 9.73. The molecule has 132 valence electrons. The van der Waals surface area contributed by atoms with Crippen molar-refractivity contribution in [2.75, 3.05) is 19.0 Å². The first-order valence-electron chi connectivity index (χ1n) is 7.32. The molecule has 2 aliphatic heterocycles. The zero-order valence-electron chi connectivity index (χ0n) is 12.8. The molecule has 5 nitrogen and oxygen atoms in total. The van der Waals surface area contributed by atoms with Crippen LogP contribution in [0.15, 0.2) is 23.2 Å². The standard InChI is InChI=1S/C15H17F4N3O2/c1-14(8-4-7(20)2-3-9(8)17)11-10(24-13(21)22-14)5-23-12(11)15(18,19)6-16/h2-4,10-12H,5-6,20H2,1H3,(H2,21,22)/t10-,11-,12-,14-/m1/s1. The first-order chi connectivity index (χ1) is 11.2. The topological polar surface area (TPSA) is 82.9 Å². The minimum absolute atomic E-state index is 0.0195. The van der Waals surface area contributed by atoms with Crippen LogP contribution in [0, 0.1) is 11.7 Å². The van der Waals surface area contributed by atoms with Crippen molar-refractivity contribution in [3.63, 3.8) is 0 Å². The van der Waals surface area contributed by atoms with Crippen molar-refractivity contribution in [2.24, 2.45) is 16.6 Å². The third kappa shape index (κ3) is 2.47. The van der Waals surface area contributed by atoms with Gasteiger partial charge in [0.15, 0.2) is 6.67 Å². The normalized spacial score (nSPS) is 32.9. The molecular formula is C15H17F4N3O2. The summed E-state index contributed by atoms with van der Waals surface area (Å²) in [6.45, 7) is -0.690. The Morgan fingerprint density at radius 1 is 1.38 bits per heavy atom. The van der Waals surface area contributed by atoms with E-state index in [1.807, 2.05) is 0 Å². The van der Waals surface area contributed by atoms with Crippen molar-refractivity contribution in [3.05, 3.63) is 29.6 Å². The molecule has 1 saturated heterocycles. The first-order valence-corrected chi connectivity index (χ1v) is 7.32. The van der Waals surface area contributed by atoms with Crippen LogP contribution < -0.4 is 11.5 Å². The summed E-state index contributed by atoms with van der Waals surface area (Å²) in [5.74, 6) is -5.58. The molecule has 0 saturated carbocycles. The zero-order chi connectivity index (χ0) is 17.7. The van der Waals surface area contributed by atoms with Crippen LogP contribution in [0.5, 0.6) is 0 Å². The van der Waals surface area contributed by atoms with Gasteiger partial charge >= 0.3 is 5.92 Å². The number of anilines is 1. The number of nitrogen functional groups attached to an aromatic ring is 1. The molecule has 9 heteroatoms. The molecule has 4 N–H and O–H groups in total. The van der Waals surface area contributed by atoms with Gasteiger partial charge in [-0.2, -0.15) is 0 Å². The fourth-order valence-corrected chi connectivity index (χ4v) is 3.48. The average molecular weight is 347 g/mol. The van der Waals surface area contributed by atoms with Crippen LogP contribution in [-0.2, 0) is 15.0 Å². The summed E-state index contributed by atoms with van der Waals surface area (Å²) < 4.78 is 65.6. The number of amidine groups is 1. The van der Waals surface area contributed by atoms with Gasteiger partial charge in [0.2, 0.25) is 0 Å². The molecule has 2 heterocycles. The van der Waals surface area contributed by atoms with E-state index in [0.29, 0.717) is 0 Å². The Labute approximate surface area is 135 Å². The number of hydrogen-bond acceptors (Lipinski definition) is 5. The number of aliphatic imine (C=N–C) groups is 1. The van der Waals surface area contributed by atoms with Crippen LogP contribution in [-0.4, -0.2) is 37.4 Å². The maximum absolute atomic E-state index is 14.4. The minimum atomic E-state index is -3.76. The van der Waals surface area contributed by atoms with E-state index in [4.69, 9.17) is 20.9 Å². The Bertz CT molecular complexity index is 685. The van der Waals surface area contributed by atoms with Crippen LogP contribution in [0.4, 0.5) is 23.2 Å². The third-order valence-electron chi connectivity index (χ3n) is 4.56. The lowest BCUT2D eigenvalue weighted by Crippen LogP contribution is -2.54. The molecule has 0 bridgehead atoms. The molecule has 1 aromatic rings. The molecule has 0 amide bonds. The molecule has 0 aromatic heterocycles. The smallest absolute Gasteiger partial charge is 0.301 e. The average Bonchev–Trinajstić information content (AvgIpc) is 2.94. The minimum Gasteiger partial charge on any atom is -0.459 e. The quantitative estimate of drug-likeness (QED) is 0.647. The Balaban J connectivity index is 2.15. The van der Waals surface area contributed by atoms with E-state index < -0.39 is 42.1 Å². The summed E-state index contributed by atoms with van der Waals surface area (Å²) in [6, 6.07) is 3.49. The van der Waals surface area contributed by atoms with Crippen molar-refractivity contribution < 1.29 is 27.0 Å². The van der Waals surface area contributed by atoms with Crippen LogP contribution in [0.2, 0.25) is 0 Å². The molecule has 0 radical (unpaired) electrons. The number of fused-ring (bicyclic) bond motifs is 1. The number of alkyl halides is 3. The molecule has 0 unspecified atom stereocenters. The fraction of sp³-hybridized carbons (Fsp3) is 0.533. The molecule has 0 spiro atoms. The second-order valence-electron chi connectivity index (χ2n) is 6.17. The second kappa shape index (κ2) is 5.51. The highest BCUT2D eigenvalue weighted by Crippen LogP contribution is 2.49. The highest BCUT2D eigenvalue weighted by Gasteiger charge is 2.62. The predicted molar refractivity (Wildman–Crippen MR) is 78.8 cm³/mol. The largest absolute Gasteiger partial charge is 0.459 e. The summed E-state index contributed by atoms with van der Waals surface area (Å²) in [4.78, 5) is 4.07. The highest BCUT2D eigenvalue weighted by molar-refractivity contribution is 5.73. The lowest BCUT2D eigenvalue weighted by molar-refractivity contribution is -0.148. The van der Waals surface area contributed by atoms with E-state index >= 15 is 0 Å². The van der Waals surface area contributed by atoms with Crippen molar-refractivity contribution in [1.82, 2.24) is 0 Å². The predicted octanol–water partition coefficient (Wildman–Crippen LogP) is 1.96. The molecule has 4 atom stereocenters. The molecule has 3 rings (SSSR count). The number of nitrogens with zero attached hydrogens (tertiary/aromatic N) is 1. The monoisotopic (exact) mass is 347 g/mol. The van der Waals surface area contributed by atoms with Crippen molar-refractivity contribution in [1.29, 1.82) is 0 Å². The lowest BCUT2D eigenvalue weighted by Gasteiger charge is -2.42. The van der Waals surface area contributed by atoms with E-state index in [0.717, 1.165) is 6.07 Å². The molecular weight excluding hydrogens is 330 g/mol. The molecule has 24 heavy (non-hydrogen) atoms. The maximum atomic E-state index is 14.4. The first kappa shape index (κ1) is 16.8. The Morgan fingerprint density at radius 2 is 2.08 bits per heavy atom. The Morgan fingerprint density at radius 3 is 2.75 bits per heavy atom. The van der Waals surface area contributed by atoms with E-state index in [2.05, 4.69) is 4.99 Å². The van der Waals surface area contributed by atoms with Gasteiger partial charge < -0.3 is 20.9 Å². The van der Waals surface area contributed by atoms with Crippen LogP contribution in [0.1, 0.15) is 12.5 Å². The van der Waals surface area contributed by atoms with Gasteiger partial charge in [0.05, 0.1) is 12.5 Å². The molecule has 1 aromatic carbocycles. The van der Waals surface area contributed by atoms with Crippen LogP contribution in [0.25, 0.3) is 0 Å². The SMILES string of the molecule is C[C@]1(c2cc(N)ccc2F)N=C(N)O[C@@H]2CO[C@@H](C(F)(F)CF)[C@@H]21. The van der Waals surface area contributed by atoms with Crippen molar-refractivity contribution in [3.8, 4) is 0 Å². The highest BCUT2D eigenvalue weighted by atomic mass is 19.3. The third-order valence-corrected chi connectivity index (χ3v) is 4.56. The van der Waals surface area contributed by atoms with Gasteiger partial charge in [0, 0.05) is 11.3 Å². The molecule has 1 fully saturated rings. The summed E-state index contributed by atoms with van der Waals surface area (Å²) in [6.07, 6.45) is -2.72. The molecule has 2 aliphatic rings. The summed E-state index contributed by atoms with van der Waals surface area (Å²) in [5, 5.41) is 0. The van der Waals surface area contributed by atoms with Gasteiger partial charge in [-0.15, -0.1) is 0 Å². The summed E-state index contributed by atoms with van der Waals surface area (Å²) in [5.41, 5.74) is 10.0. The zero-order valence-corrected chi connectivity index (χ0v) is 12.8. The maximum Gasteiger partial charge on any atom is 0.301 e.